The summed E-state index contributed by atoms with van der Waals surface area (Å²) < 4.78 is 74.7. The number of thioether (sulfide) groups is 2. The molecule has 0 amide bonds. The molecule has 0 aliphatic carbocycles. The maximum absolute atomic E-state index is 12.6. The predicted molar refractivity (Wildman–Crippen MR) is 130 cm³/mol. The molecular weight excluding hydrogens is 573 g/mol. The van der Waals surface area contributed by atoms with Crippen LogP contribution < -0.4 is 0 Å². The first-order valence-corrected chi connectivity index (χ1v) is 12.7. The standard InChI is InChI=1S/C13H13ClF3NOS.C9H7ClF3NOS/c1-8(19)5-3-4-6-20-12-11(14)7-10(9(2)18-12)13(15,16)17;10-7-4-6(9(11,12)13)5-14-8(7)16-3-1-2-15/h3,5,7H,4,6H2,1-2H3;2,4-5H,1,3H2/b5-3+;. The van der Waals surface area contributed by atoms with E-state index >= 15 is 0 Å². The van der Waals surface area contributed by atoms with Crippen LogP contribution in [-0.4, -0.2) is 33.5 Å². The Morgan fingerprint density at radius 3 is 2.08 bits per heavy atom. The van der Waals surface area contributed by atoms with Gasteiger partial charge in [-0.05, 0) is 38.5 Å². The molecule has 0 atom stereocenters. The Bertz CT molecular complexity index is 1080. The van der Waals surface area contributed by atoms with Crippen molar-refractivity contribution < 1.29 is 35.9 Å². The number of aryl methyl sites for hydroxylation is 1. The number of carbonyl (C=O) groups excluding carboxylic acids is 2. The molecular formula is C22H20Cl2F6N2O2S2. The van der Waals surface area contributed by atoms with Crippen LogP contribution in [0.4, 0.5) is 26.3 Å². The molecule has 2 aromatic rings. The number of aromatic nitrogens is 2. The third-order valence-corrected chi connectivity index (χ3v) is 6.79. The minimum Gasteiger partial charge on any atom is -0.303 e. The Kier molecular flexibility index (Phi) is 13.3. The number of hydrogen-bond donors (Lipinski definition) is 0. The molecule has 0 aromatic carbocycles. The lowest BCUT2D eigenvalue weighted by Crippen LogP contribution is -2.09. The molecule has 0 radical (unpaired) electrons. The van der Waals surface area contributed by atoms with Crippen molar-refractivity contribution in [3.63, 3.8) is 0 Å². The summed E-state index contributed by atoms with van der Waals surface area (Å²) in [7, 11) is 0. The molecule has 36 heavy (non-hydrogen) atoms. The van der Waals surface area contributed by atoms with Crippen molar-refractivity contribution in [2.75, 3.05) is 11.5 Å². The first-order chi connectivity index (χ1) is 16.7. The average molecular weight is 593 g/mol. The van der Waals surface area contributed by atoms with E-state index < -0.39 is 23.5 Å². The zero-order chi connectivity index (χ0) is 27.5. The smallest absolute Gasteiger partial charge is 0.303 e. The van der Waals surface area contributed by atoms with E-state index in [1.165, 1.54) is 31.7 Å². The van der Waals surface area contributed by atoms with E-state index in [4.69, 9.17) is 23.2 Å². The van der Waals surface area contributed by atoms with Crippen LogP contribution in [-0.2, 0) is 21.9 Å². The van der Waals surface area contributed by atoms with Gasteiger partial charge in [0, 0.05) is 24.1 Å². The van der Waals surface area contributed by atoms with Crippen LogP contribution >= 0.6 is 46.7 Å². The number of aldehydes is 1. The fourth-order valence-electron chi connectivity index (χ4n) is 2.31. The maximum atomic E-state index is 12.6. The second-order valence-corrected chi connectivity index (χ2v) is 9.85. The summed E-state index contributed by atoms with van der Waals surface area (Å²) in [6, 6.07) is 1.73. The molecule has 0 N–H and O–H groups in total. The Labute approximate surface area is 222 Å². The first-order valence-electron chi connectivity index (χ1n) is 10.00. The third-order valence-electron chi connectivity index (χ3n) is 3.92. The molecule has 0 saturated carbocycles. The highest BCUT2D eigenvalue weighted by Crippen LogP contribution is 2.36. The SMILES string of the molecule is CC(=O)/C=C/CCSc1nc(C)c(C(F)(F)F)cc1Cl.O=CCCSc1ncc(C(F)(F)F)cc1Cl. The molecule has 0 fully saturated rings. The monoisotopic (exact) mass is 592 g/mol. The highest BCUT2D eigenvalue weighted by atomic mass is 35.5. The van der Waals surface area contributed by atoms with Gasteiger partial charge in [-0.2, -0.15) is 26.3 Å². The number of rotatable bonds is 9. The molecule has 0 unspecified atom stereocenters. The normalized spacial score (nSPS) is 11.8. The van der Waals surface area contributed by atoms with Crippen molar-refractivity contribution in [2.24, 2.45) is 0 Å². The second kappa shape index (κ2) is 14.8. The molecule has 0 aliphatic heterocycles. The van der Waals surface area contributed by atoms with Crippen molar-refractivity contribution in [3.05, 3.63) is 57.3 Å². The zero-order valence-electron chi connectivity index (χ0n) is 18.8. The second-order valence-electron chi connectivity index (χ2n) is 6.87. The third kappa shape index (κ3) is 11.5. The van der Waals surface area contributed by atoms with Gasteiger partial charge in [-0.15, -0.1) is 23.5 Å². The number of nitrogens with zero attached hydrogens (tertiary/aromatic N) is 2. The van der Waals surface area contributed by atoms with Gasteiger partial charge in [-0.1, -0.05) is 29.3 Å². The number of carbonyl (C=O) groups is 2. The van der Waals surface area contributed by atoms with Gasteiger partial charge in [-0.25, -0.2) is 9.97 Å². The number of halogens is 8. The molecule has 0 aliphatic rings. The molecule has 2 rings (SSSR count). The first kappa shape index (κ1) is 32.3. The molecule has 0 saturated heterocycles. The van der Waals surface area contributed by atoms with Gasteiger partial charge in [0.15, 0.2) is 5.78 Å². The molecule has 14 heteroatoms. The molecule has 0 bridgehead atoms. The quantitative estimate of drug-likeness (QED) is 0.0963. The Balaban J connectivity index is 0.000000369. The van der Waals surface area contributed by atoms with Crippen molar-refractivity contribution in [3.8, 4) is 0 Å². The summed E-state index contributed by atoms with van der Waals surface area (Å²) in [5, 5.41) is 0.610. The maximum Gasteiger partial charge on any atom is 0.418 e. The van der Waals surface area contributed by atoms with E-state index in [-0.39, 0.29) is 21.5 Å². The molecule has 2 aromatic heterocycles. The largest absolute Gasteiger partial charge is 0.418 e. The molecule has 0 spiro atoms. The van der Waals surface area contributed by atoms with Crippen LogP contribution in [0.15, 0.2) is 40.5 Å². The number of allylic oxidation sites excluding steroid dienone is 2. The Morgan fingerprint density at radius 1 is 0.972 bits per heavy atom. The van der Waals surface area contributed by atoms with Crippen LogP contribution in [0.5, 0.6) is 0 Å². The van der Waals surface area contributed by atoms with Crippen molar-refractivity contribution >= 4 is 58.8 Å². The number of hydrogen-bond acceptors (Lipinski definition) is 6. The van der Waals surface area contributed by atoms with E-state index in [0.717, 1.165) is 36.4 Å². The highest BCUT2D eigenvalue weighted by Gasteiger charge is 2.34. The fourth-order valence-corrected chi connectivity index (χ4v) is 4.53. The van der Waals surface area contributed by atoms with E-state index in [0.29, 0.717) is 34.4 Å². The van der Waals surface area contributed by atoms with Gasteiger partial charge in [-0.3, -0.25) is 4.79 Å². The molecule has 4 nitrogen and oxygen atoms in total. The lowest BCUT2D eigenvalue weighted by atomic mass is 10.2. The van der Waals surface area contributed by atoms with Crippen LogP contribution in [0.3, 0.4) is 0 Å². The summed E-state index contributed by atoms with van der Waals surface area (Å²) in [6.07, 6.45) is -3.35. The van der Waals surface area contributed by atoms with Crippen LogP contribution in [0, 0.1) is 6.92 Å². The van der Waals surface area contributed by atoms with E-state index in [1.54, 1.807) is 6.08 Å². The number of alkyl halides is 6. The van der Waals surface area contributed by atoms with Gasteiger partial charge in [0.2, 0.25) is 0 Å². The van der Waals surface area contributed by atoms with Crippen LogP contribution in [0.2, 0.25) is 10.0 Å². The summed E-state index contributed by atoms with van der Waals surface area (Å²) in [5.74, 6) is 0.986. The van der Waals surface area contributed by atoms with E-state index in [9.17, 15) is 35.9 Å². The lowest BCUT2D eigenvalue weighted by Gasteiger charge is -2.12. The van der Waals surface area contributed by atoms with Crippen molar-refractivity contribution in [1.29, 1.82) is 0 Å². The fraction of sp³-hybridized carbons (Fsp3) is 0.364. The summed E-state index contributed by atoms with van der Waals surface area (Å²) in [5.41, 5.74) is -1.79. The topological polar surface area (TPSA) is 59.9 Å². The summed E-state index contributed by atoms with van der Waals surface area (Å²) >= 11 is 13.9. The van der Waals surface area contributed by atoms with E-state index in [1.807, 2.05) is 0 Å². The average Bonchev–Trinajstić information content (AvgIpc) is 2.75. The van der Waals surface area contributed by atoms with Gasteiger partial charge < -0.3 is 4.79 Å². The lowest BCUT2D eigenvalue weighted by molar-refractivity contribution is -0.139. The van der Waals surface area contributed by atoms with Gasteiger partial charge in [0.05, 0.1) is 26.9 Å². The van der Waals surface area contributed by atoms with Gasteiger partial charge in [0.1, 0.15) is 16.3 Å². The summed E-state index contributed by atoms with van der Waals surface area (Å²) in [6.45, 7) is 2.75. The Hall–Kier alpha value is -1.76. The van der Waals surface area contributed by atoms with Crippen LogP contribution in [0.1, 0.15) is 36.6 Å². The van der Waals surface area contributed by atoms with Gasteiger partial charge >= 0.3 is 12.4 Å². The summed E-state index contributed by atoms with van der Waals surface area (Å²) in [4.78, 5) is 28.2. The Morgan fingerprint density at radius 2 is 1.56 bits per heavy atom. The molecule has 2 heterocycles. The minimum atomic E-state index is -4.45. The van der Waals surface area contributed by atoms with Crippen molar-refractivity contribution in [1.82, 2.24) is 9.97 Å². The van der Waals surface area contributed by atoms with E-state index in [2.05, 4.69) is 9.97 Å². The van der Waals surface area contributed by atoms with Crippen LogP contribution in [0.25, 0.3) is 0 Å². The number of pyridine rings is 2. The molecule has 198 valence electrons. The zero-order valence-corrected chi connectivity index (χ0v) is 22.0. The highest BCUT2D eigenvalue weighted by molar-refractivity contribution is 7.99. The van der Waals surface area contributed by atoms with Crippen molar-refractivity contribution in [2.45, 2.75) is 49.1 Å². The number of ketones is 1. The minimum absolute atomic E-state index is 0.0107. The predicted octanol–water partition coefficient (Wildman–Crippen LogP) is 8.12. The van der Waals surface area contributed by atoms with Gasteiger partial charge in [0.25, 0.3) is 0 Å².